The van der Waals surface area contributed by atoms with E-state index in [0.29, 0.717) is 5.57 Å². The maximum absolute atomic E-state index is 10.1. The van der Waals surface area contributed by atoms with E-state index in [1.54, 1.807) is 0 Å². The summed E-state index contributed by atoms with van der Waals surface area (Å²) in [5.41, 5.74) is 0.355. The van der Waals surface area contributed by atoms with Crippen molar-refractivity contribution in [3.8, 4) is 6.07 Å². The zero-order valence-corrected chi connectivity index (χ0v) is 14.7. The molecule has 0 amide bonds. The van der Waals surface area contributed by atoms with Crippen LogP contribution in [0.2, 0.25) is 0 Å². The quantitative estimate of drug-likeness (QED) is 0.250. The lowest BCUT2D eigenvalue weighted by atomic mass is 9.99. The first-order chi connectivity index (χ1) is 12.7. The second-order valence-corrected chi connectivity index (χ2v) is 6.59. The highest BCUT2D eigenvalue weighted by atomic mass is 16.7. The van der Waals surface area contributed by atoms with E-state index in [1.165, 1.54) is 6.92 Å². The van der Waals surface area contributed by atoms with Crippen LogP contribution in [0.15, 0.2) is 12.2 Å². The number of hydrogen-bond donors (Lipinski definition) is 6. The number of ether oxygens (including phenoxy) is 4. The summed E-state index contributed by atoms with van der Waals surface area (Å²) in [6.45, 7) is 4.44. The van der Waals surface area contributed by atoms with Gasteiger partial charge in [-0.05, 0) is 12.5 Å². The predicted octanol–water partition coefficient (Wildman–Crippen LogP) is -3.27. The minimum Gasteiger partial charge on any atom is -0.388 e. The van der Waals surface area contributed by atoms with Crippen LogP contribution in [0, 0.1) is 11.3 Å². The van der Waals surface area contributed by atoms with Gasteiger partial charge in [-0.15, -0.1) is 0 Å². The molecule has 0 radical (unpaired) electrons. The molecule has 154 valence electrons. The first kappa shape index (κ1) is 22.1. The number of nitrogens with zero attached hydrogens (tertiary/aromatic N) is 1. The number of nitriles is 1. The molecule has 0 spiro atoms. The summed E-state index contributed by atoms with van der Waals surface area (Å²) in [6, 6.07) is 1.82. The van der Waals surface area contributed by atoms with Crippen LogP contribution in [0.1, 0.15) is 6.92 Å². The molecule has 2 fully saturated rings. The van der Waals surface area contributed by atoms with Gasteiger partial charge >= 0.3 is 0 Å². The summed E-state index contributed by atoms with van der Waals surface area (Å²) in [4.78, 5) is 0. The van der Waals surface area contributed by atoms with Crippen molar-refractivity contribution >= 4 is 0 Å². The number of rotatable bonds is 6. The standard InChI is InChI=1S/C16H25NO10/c1-6(2)8(3-17)26-16-14(23)12(21)11(20)9(27-16)5-25-15-13(22)10(19)7(18)4-24-15/h7-16,18-23H,1,4-5H2,2H3/t7-,8-,9+,10-,11+,12-,13+,14+,15-,16-/m0/s1. The molecule has 0 aromatic heterocycles. The van der Waals surface area contributed by atoms with Crippen molar-refractivity contribution in [2.75, 3.05) is 13.2 Å². The molecule has 0 unspecified atom stereocenters. The molecule has 11 heteroatoms. The highest BCUT2D eigenvalue weighted by Gasteiger charge is 2.46. The van der Waals surface area contributed by atoms with E-state index >= 15 is 0 Å². The molecule has 0 bridgehead atoms. The zero-order valence-electron chi connectivity index (χ0n) is 14.7. The molecule has 2 aliphatic heterocycles. The molecule has 2 saturated heterocycles. The Hall–Kier alpha value is -1.17. The second kappa shape index (κ2) is 9.35. The largest absolute Gasteiger partial charge is 0.388 e. The van der Waals surface area contributed by atoms with E-state index in [0.717, 1.165) is 0 Å². The fourth-order valence-corrected chi connectivity index (χ4v) is 2.67. The third kappa shape index (κ3) is 5.01. The van der Waals surface area contributed by atoms with Gasteiger partial charge in [0.2, 0.25) is 0 Å². The molecule has 11 nitrogen and oxygen atoms in total. The molecule has 0 saturated carbocycles. The van der Waals surface area contributed by atoms with Crippen molar-refractivity contribution < 1.29 is 49.6 Å². The van der Waals surface area contributed by atoms with Gasteiger partial charge in [-0.2, -0.15) is 5.26 Å². The number of hydrogen-bond acceptors (Lipinski definition) is 11. The molecular formula is C16H25NO10. The molecule has 0 aromatic carbocycles. The fourth-order valence-electron chi connectivity index (χ4n) is 2.67. The van der Waals surface area contributed by atoms with Crippen LogP contribution in [0.25, 0.3) is 0 Å². The first-order valence-electron chi connectivity index (χ1n) is 8.35. The summed E-state index contributed by atoms with van der Waals surface area (Å²) in [5.74, 6) is 0. The lowest BCUT2D eigenvalue weighted by Crippen LogP contribution is -2.60. The van der Waals surface area contributed by atoms with Crippen molar-refractivity contribution in [2.45, 2.75) is 68.3 Å². The Morgan fingerprint density at radius 1 is 1.07 bits per heavy atom. The summed E-state index contributed by atoms with van der Waals surface area (Å²) in [7, 11) is 0. The van der Waals surface area contributed by atoms with E-state index in [9.17, 15) is 30.6 Å². The lowest BCUT2D eigenvalue weighted by molar-refractivity contribution is -0.323. The second-order valence-electron chi connectivity index (χ2n) is 6.59. The van der Waals surface area contributed by atoms with Crippen LogP contribution in [0.4, 0.5) is 0 Å². The third-order valence-electron chi connectivity index (χ3n) is 4.38. The fraction of sp³-hybridized carbons (Fsp3) is 0.812. The van der Waals surface area contributed by atoms with Gasteiger partial charge in [0.15, 0.2) is 18.7 Å². The van der Waals surface area contributed by atoms with Crippen LogP contribution in [0.3, 0.4) is 0 Å². The average molecular weight is 391 g/mol. The molecule has 0 aromatic rings. The van der Waals surface area contributed by atoms with E-state index in [-0.39, 0.29) is 6.61 Å². The van der Waals surface area contributed by atoms with Gasteiger partial charge in [0.25, 0.3) is 0 Å². The van der Waals surface area contributed by atoms with Gasteiger partial charge in [0.1, 0.15) is 42.7 Å². The van der Waals surface area contributed by atoms with Crippen LogP contribution < -0.4 is 0 Å². The number of aliphatic hydroxyl groups excluding tert-OH is 6. The monoisotopic (exact) mass is 391 g/mol. The third-order valence-corrected chi connectivity index (χ3v) is 4.38. The van der Waals surface area contributed by atoms with Crippen molar-refractivity contribution in [3.63, 3.8) is 0 Å². The minimum absolute atomic E-state index is 0.271. The van der Waals surface area contributed by atoms with Gasteiger partial charge in [-0.25, -0.2) is 0 Å². The highest BCUT2D eigenvalue weighted by Crippen LogP contribution is 2.25. The van der Waals surface area contributed by atoms with E-state index in [1.807, 2.05) is 6.07 Å². The van der Waals surface area contributed by atoms with E-state index in [2.05, 4.69) is 6.58 Å². The molecule has 2 aliphatic rings. The summed E-state index contributed by atoms with van der Waals surface area (Å²) >= 11 is 0. The normalized spacial score (nSPS) is 43.7. The van der Waals surface area contributed by atoms with Crippen LogP contribution in [-0.4, -0.2) is 105 Å². The predicted molar refractivity (Wildman–Crippen MR) is 85.7 cm³/mol. The van der Waals surface area contributed by atoms with Gasteiger partial charge in [0.05, 0.1) is 19.3 Å². The molecule has 6 N–H and O–H groups in total. The maximum atomic E-state index is 10.1. The molecule has 0 aliphatic carbocycles. The van der Waals surface area contributed by atoms with Gasteiger partial charge in [-0.3, -0.25) is 0 Å². The SMILES string of the molecule is C=C(C)[C@H](C#N)O[C@H]1O[C@H](CO[C@@H]2OC[C@H](O)[C@H](O)[C@H]2O)[C@@H](O)[C@H](O)[C@H]1O. The smallest absolute Gasteiger partial charge is 0.188 e. The maximum Gasteiger partial charge on any atom is 0.188 e. The van der Waals surface area contributed by atoms with Crippen LogP contribution in [-0.2, 0) is 18.9 Å². The summed E-state index contributed by atoms with van der Waals surface area (Å²) in [6.07, 6.45) is -14.1. The molecule has 27 heavy (non-hydrogen) atoms. The average Bonchev–Trinajstić information content (AvgIpc) is 2.64. The van der Waals surface area contributed by atoms with Gasteiger partial charge in [-0.1, -0.05) is 6.58 Å². The van der Waals surface area contributed by atoms with Crippen LogP contribution >= 0.6 is 0 Å². The topological polar surface area (TPSA) is 182 Å². The zero-order chi connectivity index (χ0) is 20.3. The first-order valence-corrected chi connectivity index (χ1v) is 8.35. The Labute approximate surface area is 155 Å². The highest BCUT2D eigenvalue weighted by molar-refractivity contribution is 5.10. The van der Waals surface area contributed by atoms with Crippen molar-refractivity contribution in [2.24, 2.45) is 0 Å². The molecular weight excluding hydrogens is 366 g/mol. The van der Waals surface area contributed by atoms with Gasteiger partial charge in [0, 0.05) is 0 Å². The Morgan fingerprint density at radius 3 is 2.30 bits per heavy atom. The van der Waals surface area contributed by atoms with E-state index in [4.69, 9.17) is 24.2 Å². The molecule has 2 heterocycles. The minimum atomic E-state index is -1.65. The van der Waals surface area contributed by atoms with Crippen molar-refractivity contribution in [1.29, 1.82) is 5.26 Å². The Balaban J connectivity index is 1.99. The lowest BCUT2D eigenvalue weighted by Gasteiger charge is -2.41. The summed E-state index contributed by atoms with van der Waals surface area (Å²) < 4.78 is 21.0. The Kier molecular flexibility index (Phi) is 7.66. The summed E-state index contributed by atoms with van der Waals surface area (Å²) in [5, 5.41) is 68.0. The Morgan fingerprint density at radius 2 is 1.70 bits per heavy atom. The van der Waals surface area contributed by atoms with Crippen LogP contribution in [0.5, 0.6) is 0 Å². The van der Waals surface area contributed by atoms with Crippen molar-refractivity contribution in [3.05, 3.63) is 12.2 Å². The van der Waals surface area contributed by atoms with Gasteiger partial charge < -0.3 is 49.6 Å². The molecule has 2 rings (SSSR count). The molecule has 10 atom stereocenters. The Bertz CT molecular complexity index is 554. The number of aliphatic hydroxyl groups is 6. The van der Waals surface area contributed by atoms with Crippen molar-refractivity contribution in [1.82, 2.24) is 0 Å². The van der Waals surface area contributed by atoms with E-state index < -0.39 is 68.0 Å².